The molecule has 0 aliphatic heterocycles. The van der Waals surface area contributed by atoms with Gasteiger partial charge in [0.15, 0.2) is 0 Å². The maximum absolute atomic E-state index is 10.9. The Balaban J connectivity index is 2.17. The first-order valence-electron chi connectivity index (χ1n) is 6.03. The second kappa shape index (κ2) is 6.68. The lowest BCUT2D eigenvalue weighted by atomic mass is 10.1. The highest BCUT2D eigenvalue weighted by Gasteiger charge is 2.09. The number of rotatable bonds is 5. The number of halogens is 1. The van der Waals surface area contributed by atoms with Crippen LogP contribution in [0.2, 0.25) is 5.02 Å². The molecule has 5 heteroatoms. The fourth-order valence-corrected chi connectivity index (χ4v) is 3.23. The average molecular weight is 308 g/mol. The number of carboxylic acids is 1. The van der Waals surface area contributed by atoms with Crippen LogP contribution in [0.3, 0.4) is 0 Å². The van der Waals surface area contributed by atoms with Crippen LogP contribution in [0.4, 0.5) is 5.69 Å². The molecule has 0 aromatic heterocycles. The minimum atomic E-state index is -0.834. The van der Waals surface area contributed by atoms with Crippen LogP contribution < -0.4 is 5.73 Å². The Morgan fingerprint density at radius 2 is 1.85 bits per heavy atom. The number of nitrogen functional groups attached to an aromatic ring is 1. The fraction of sp³-hybridized carbons (Fsp3) is 0.133. The molecule has 3 nitrogen and oxygen atoms in total. The molecule has 0 fully saturated rings. The van der Waals surface area contributed by atoms with Crippen LogP contribution in [-0.4, -0.2) is 11.1 Å². The van der Waals surface area contributed by atoms with E-state index in [9.17, 15) is 4.79 Å². The predicted octanol–water partition coefficient (Wildman–Crippen LogP) is 3.84. The number of hydrogen-bond donors (Lipinski definition) is 2. The molecule has 0 bridgehead atoms. The molecule has 0 unspecified atom stereocenters. The summed E-state index contributed by atoms with van der Waals surface area (Å²) in [7, 11) is 0. The summed E-state index contributed by atoms with van der Waals surface area (Å²) in [4.78, 5) is 11.7. The van der Waals surface area contributed by atoms with Crippen molar-refractivity contribution >= 4 is 35.0 Å². The molecule has 2 rings (SSSR count). The third-order valence-electron chi connectivity index (χ3n) is 2.83. The van der Waals surface area contributed by atoms with Gasteiger partial charge in [-0.25, -0.2) is 0 Å². The summed E-state index contributed by atoms with van der Waals surface area (Å²) in [5.41, 5.74) is 8.35. The number of hydrogen-bond acceptors (Lipinski definition) is 3. The van der Waals surface area contributed by atoms with E-state index in [0.717, 1.165) is 16.0 Å². The van der Waals surface area contributed by atoms with Crippen molar-refractivity contribution in [2.75, 3.05) is 5.73 Å². The maximum atomic E-state index is 10.9. The Bertz CT molecular complexity index is 611. The summed E-state index contributed by atoms with van der Waals surface area (Å²) >= 11 is 7.64. The van der Waals surface area contributed by atoms with E-state index in [1.807, 2.05) is 24.3 Å². The number of carboxylic acid groups (broad SMARTS) is 1. The van der Waals surface area contributed by atoms with Crippen molar-refractivity contribution in [3.63, 3.8) is 0 Å². The van der Waals surface area contributed by atoms with Crippen molar-refractivity contribution in [2.45, 2.75) is 17.1 Å². The zero-order valence-corrected chi connectivity index (χ0v) is 12.2. The summed E-state index contributed by atoms with van der Waals surface area (Å²) in [6.07, 6.45) is 0.0226. The lowest BCUT2D eigenvalue weighted by Gasteiger charge is -2.10. The van der Waals surface area contributed by atoms with Gasteiger partial charge in [0.1, 0.15) is 0 Å². The van der Waals surface area contributed by atoms with E-state index in [1.165, 1.54) is 11.8 Å². The van der Waals surface area contributed by atoms with Gasteiger partial charge in [0, 0.05) is 16.3 Å². The van der Waals surface area contributed by atoms with E-state index in [2.05, 4.69) is 0 Å². The van der Waals surface area contributed by atoms with Crippen LogP contribution in [0.5, 0.6) is 0 Å². The quantitative estimate of drug-likeness (QED) is 0.650. The maximum Gasteiger partial charge on any atom is 0.307 e. The van der Waals surface area contributed by atoms with E-state index < -0.39 is 5.97 Å². The Hall–Kier alpha value is -1.65. The van der Waals surface area contributed by atoms with Gasteiger partial charge < -0.3 is 10.8 Å². The summed E-state index contributed by atoms with van der Waals surface area (Å²) in [5, 5.41) is 9.53. The van der Waals surface area contributed by atoms with Crippen molar-refractivity contribution in [3.05, 3.63) is 58.6 Å². The van der Waals surface area contributed by atoms with Crippen LogP contribution in [0.25, 0.3) is 0 Å². The van der Waals surface area contributed by atoms with Crippen molar-refractivity contribution in [3.8, 4) is 0 Å². The minimum absolute atomic E-state index is 0.0226. The summed E-state index contributed by atoms with van der Waals surface area (Å²) in [5.74, 6) is -0.197. The van der Waals surface area contributed by atoms with Crippen LogP contribution in [0.1, 0.15) is 11.1 Å². The van der Waals surface area contributed by atoms with Crippen LogP contribution >= 0.6 is 23.4 Å². The third-order valence-corrected chi connectivity index (χ3v) is 4.46. The van der Waals surface area contributed by atoms with Crippen molar-refractivity contribution in [2.24, 2.45) is 0 Å². The Morgan fingerprint density at radius 1 is 1.15 bits per heavy atom. The Kier molecular flexibility index (Phi) is 4.93. The highest BCUT2D eigenvalue weighted by Crippen LogP contribution is 2.35. The van der Waals surface area contributed by atoms with Gasteiger partial charge in [0.25, 0.3) is 0 Å². The molecule has 104 valence electrons. The molecule has 0 saturated carbocycles. The minimum Gasteiger partial charge on any atom is -0.481 e. The van der Waals surface area contributed by atoms with Gasteiger partial charge in [-0.15, -0.1) is 11.8 Å². The van der Waals surface area contributed by atoms with Gasteiger partial charge in [-0.05, 0) is 23.3 Å². The first-order valence-corrected chi connectivity index (χ1v) is 7.39. The average Bonchev–Trinajstić information content (AvgIpc) is 2.39. The summed E-state index contributed by atoms with van der Waals surface area (Å²) in [6, 6.07) is 12.9. The van der Waals surface area contributed by atoms with Crippen molar-refractivity contribution in [1.82, 2.24) is 0 Å². The Labute approximate surface area is 126 Å². The fourth-order valence-electron chi connectivity index (χ4n) is 1.86. The van der Waals surface area contributed by atoms with Crippen LogP contribution in [0, 0.1) is 0 Å². The van der Waals surface area contributed by atoms with Gasteiger partial charge >= 0.3 is 5.97 Å². The Morgan fingerprint density at radius 3 is 2.50 bits per heavy atom. The SMILES string of the molecule is Nc1cccc(Cl)c1SCc1ccccc1CC(=O)O. The van der Waals surface area contributed by atoms with Gasteiger partial charge in [-0.3, -0.25) is 4.79 Å². The largest absolute Gasteiger partial charge is 0.481 e. The molecule has 0 aliphatic rings. The molecule has 3 N–H and O–H groups in total. The van der Waals surface area contributed by atoms with E-state index in [4.69, 9.17) is 22.4 Å². The first-order chi connectivity index (χ1) is 9.58. The monoisotopic (exact) mass is 307 g/mol. The predicted molar refractivity (Wildman–Crippen MR) is 83.2 cm³/mol. The number of nitrogens with two attached hydrogens (primary N) is 1. The van der Waals surface area contributed by atoms with Crippen molar-refractivity contribution in [1.29, 1.82) is 0 Å². The summed E-state index contributed by atoms with van der Waals surface area (Å²) < 4.78 is 0. The molecule has 0 radical (unpaired) electrons. The number of aliphatic carboxylic acids is 1. The van der Waals surface area contributed by atoms with E-state index in [0.29, 0.717) is 16.5 Å². The van der Waals surface area contributed by atoms with E-state index >= 15 is 0 Å². The number of carbonyl (C=O) groups is 1. The first kappa shape index (κ1) is 14.8. The second-order valence-electron chi connectivity index (χ2n) is 4.29. The van der Waals surface area contributed by atoms with Gasteiger partial charge in [0.05, 0.1) is 11.4 Å². The smallest absolute Gasteiger partial charge is 0.307 e. The standard InChI is InChI=1S/C15H14ClNO2S/c16-12-6-3-7-13(17)15(12)20-9-11-5-2-1-4-10(11)8-14(18)19/h1-7H,8-9,17H2,(H,18,19). The lowest BCUT2D eigenvalue weighted by molar-refractivity contribution is -0.136. The molecule has 0 atom stereocenters. The van der Waals surface area contributed by atoms with Crippen LogP contribution in [0.15, 0.2) is 47.4 Å². The molecule has 20 heavy (non-hydrogen) atoms. The second-order valence-corrected chi connectivity index (χ2v) is 5.68. The van der Waals surface area contributed by atoms with Gasteiger partial charge in [-0.1, -0.05) is 41.9 Å². The van der Waals surface area contributed by atoms with Gasteiger partial charge in [-0.2, -0.15) is 0 Å². The molecule has 0 spiro atoms. The highest BCUT2D eigenvalue weighted by atomic mass is 35.5. The van der Waals surface area contributed by atoms with E-state index in [1.54, 1.807) is 18.2 Å². The zero-order chi connectivity index (χ0) is 14.5. The topological polar surface area (TPSA) is 63.3 Å². The number of anilines is 1. The molecular weight excluding hydrogens is 294 g/mol. The van der Waals surface area contributed by atoms with Gasteiger partial charge in [0.2, 0.25) is 0 Å². The molecule has 0 saturated heterocycles. The number of benzene rings is 2. The lowest BCUT2D eigenvalue weighted by Crippen LogP contribution is -2.03. The van der Waals surface area contributed by atoms with Crippen molar-refractivity contribution < 1.29 is 9.90 Å². The zero-order valence-electron chi connectivity index (χ0n) is 10.7. The third kappa shape index (κ3) is 3.68. The van der Waals surface area contributed by atoms with E-state index in [-0.39, 0.29) is 6.42 Å². The molecule has 2 aromatic rings. The molecular formula is C15H14ClNO2S. The highest BCUT2D eigenvalue weighted by molar-refractivity contribution is 7.98. The molecule has 0 amide bonds. The number of thioether (sulfide) groups is 1. The molecule has 0 aliphatic carbocycles. The van der Waals surface area contributed by atoms with Crippen LogP contribution in [-0.2, 0) is 17.0 Å². The molecule has 2 aromatic carbocycles. The summed E-state index contributed by atoms with van der Waals surface area (Å²) in [6.45, 7) is 0. The normalized spacial score (nSPS) is 10.4. The molecule has 0 heterocycles.